The molecule has 0 aliphatic carbocycles. The topological polar surface area (TPSA) is 68.4 Å². The summed E-state index contributed by atoms with van der Waals surface area (Å²) in [5.41, 5.74) is 8.07. The summed E-state index contributed by atoms with van der Waals surface area (Å²) in [6, 6.07) is 14.7. The maximum atomic E-state index is 9.15. The van der Waals surface area contributed by atoms with E-state index in [-0.39, 0.29) is 6.61 Å². The second kappa shape index (κ2) is 5.19. The average molecular weight is 266 g/mol. The average Bonchev–Trinajstić information content (AvgIpc) is 2.51. The van der Waals surface area contributed by atoms with Crippen molar-refractivity contribution >= 4 is 16.6 Å². The molecule has 0 fully saturated rings. The van der Waals surface area contributed by atoms with Gasteiger partial charge in [0.1, 0.15) is 11.5 Å². The van der Waals surface area contributed by atoms with E-state index >= 15 is 0 Å². The normalized spacial score (nSPS) is 10.7. The summed E-state index contributed by atoms with van der Waals surface area (Å²) < 4.78 is 5.88. The summed E-state index contributed by atoms with van der Waals surface area (Å²) in [4.78, 5) is 4.27. The molecule has 0 aliphatic heterocycles. The summed E-state index contributed by atoms with van der Waals surface area (Å²) in [7, 11) is 0. The first-order valence-corrected chi connectivity index (χ1v) is 6.29. The van der Waals surface area contributed by atoms with E-state index in [1.165, 1.54) is 0 Å². The smallest absolute Gasteiger partial charge is 0.136 e. The maximum absolute atomic E-state index is 9.15. The first-order chi connectivity index (χ1) is 9.78. The second-order valence-corrected chi connectivity index (χ2v) is 4.46. The zero-order valence-corrected chi connectivity index (χ0v) is 10.8. The van der Waals surface area contributed by atoms with Gasteiger partial charge in [0, 0.05) is 11.6 Å². The molecule has 4 heteroatoms. The van der Waals surface area contributed by atoms with Crippen LogP contribution in [-0.4, -0.2) is 10.1 Å². The van der Waals surface area contributed by atoms with Gasteiger partial charge in [0.15, 0.2) is 0 Å². The van der Waals surface area contributed by atoms with Gasteiger partial charge in [-0.3, -0.25) is 4.98 Å². The number of fused-ring (bicyclic) bond motifs is 1. The fourth-order valence-corrected chi connectivity index (χ4v) is 2.09. The zero-order chi connectivity index (χ0) is 13.9. The minimum absolute atomic E-state index is 0.0127. The van der Waals surface area contributed by atoms with Crippen LogP contribution in [-0.2, 0) is 6.61 Å². The number of aliphatic hydroxyl groups is 1. The number of nitrogen functional groups attached to an aromatic ring is 1. The third-order valence-electron chi connectivity index (χ3n) is 3.07. The fraction of sp³-hybridized carbons (Fsp3) is 0.0625. The monoisotopic (exact) mass is 266 g/mol. The number of anilines is 1. The van der Waals surface area contributed by atoms with Crippen molar-refractivity contribution in [3.63, 3.8) is 0 Å². The lowest BCUT2D eigenvalue weighted by Gasteiger charge is -2.10. The van der Waals surface area contributed by atoms with Crippen molar-refractivity contribution in [1.82, 2.24) is 4.98 Å². The molecule has 3 N–H and O–H groups in total. The molecule has 4 nitrogen and oxygen atoms in total. The Morgan fingerprint density at radius 1 is 1.10 bits per heavy atom. The third kappa shape index (κ3) is 2.29. The minimum Gasteiger partial charge on any atom is -0.457 e. The van der Waals surface area contributed by atoms with Crippen LogP contribution in [0.25, 0.3) is 10.9 Å². The van der Waals surface area contributed by atoms with Gasteiger partial charge in [-0.25, -0.2) is 0 Å². The summed E-state index contributed by atoms with van der Waals surface area (Å²) in [6.45, 7) is -0.0127. The Morgan fingerprint density at radius 2 is 2.00 bits per heavy atom. The molecule has 0 bridgehead atoms. The maximum Gasteiger partial charge on any atom is 0.136 e. The van der Waals surface area contributed by atoms with Crippen LogP contribution in [0.2, 0.25) is 0 Å². The number of benzene rings is 2. The number of nitrogens with two attached hydrogens (primary N) is 1. The summed E-state index contributed by atoms with van der Waals surface area (Å²) >= 11 is 0. The largest absolute Gasteiger partial charge is 0.457 e. The molecule has 100 valence electrons. The number of ether oxygens (including phenoxy) is 1. The lowest BCUT2D eigenvalue weighted by atomic mass is 10.1. The molecule has 0 amide bonds. The van der Waals surface area contributed by atoms with Crippen molar-refractivity contribution < 1.29 is 9.84 Å². The Balaban J connectivity index is 2.04. The highest BCUT2D eigenvalue weighted by atomic mass is 16.5. The summed E-state index contributed by atoms with van der Waals surface area (Å²) in [5.74, 6) is 1.36. The number of nitrogens with zero attached hydrogens (tertiary/aromatic N) is 1. The summed E-state index contributed by atoms with van der Waals surface area (Å²) in [5, 5.41) is 10.0. The van der Waals surface area contributed by atoms with E-state index in [4.69, 9.17) is 15.6 Å². The highest BCUT2D eigenvalue weighted by Gasteiger charge is 2.07. The highest BCUT2D eigenvalue weighted by molar-refractivity contribution is 5.93. The Hall–Kier alpha value is -2.59. The first kappa shape index (κ1) is 12.4. The SMILES string of the molecule is Nc1ccc(Oc2cccc(CO)c2)c2cccnc12. The number of aromatic nitrogens is 1. The highest BCUT2D eigenvalue weighted by Crippen LogP contribution is 2.32. The molecule has 2 aromatic carbocycles. The third-order valence-corrected chi connectivity index (χ3v) is 3.07. The van der Waals surface area contributed by atoms with Crippen LogP contribution in [0.4, 0.5) is 5.69 Å². The number of hydrogen-bond donors (Lipinski definition) is 2. The van der Waals surface area contributed by atoms with Gasteiger partial charge in [0.2, 0.25) is 0 Å². The lowest BCUT2D eigenvalue weighted by molar-refractivity contribution is 0.281. The first-order valence-electron chi connectivity index (χ1n) is 6.29. The molecule has 0 saturated heterocycles. The predicted molar refractivity (Wildman–Crippen MR) is 78.6 cm³/mol. The van der Waals surface area contributed by atoms with Crippen LogP contribution >= 0.6 is 0 Å². The van der Waals surface area contributed by atoms with E-state index in [0.717, 1.165) is 16.5 Å². The Kier molecular flexibility index (Phi) is 3.23. The van der Waals surface area contributed by atoms with E-state index in [1.807, 2.05) is 36.4 Å². The van der Waals surface area contributed by atoms with Gasteiger partial charge >= 0.3 is 0 Å². The number of aliphatic hydroxyl groups excluding tert-OH is 1. The van der Waals surface area contributed by atoms with E-state index < -0.39 is 0 Å². The molecule has 3 rings (SSSR count). The lowest BCUT2D eigenvalue weighted by Crippen LogP contribution is -1.93. The molecule has 0 radical (unpaired) electrons. The van der Waals surface area contributed by atoms with Gasteiger partial charge in [-0.15, -0.1) is 0 Å². The Morgan fingerprint density at radius 3 is 2.85 bits per heavy atom. The van der Waals surface area contributed by atoms with Crippen molar-refractivity contribution in [2.24, 2.45) is 0 Å². The Bertz CT molecular complexity index is 756. The van der Waals surface area contributed by atoms with Gasteiger partial charge < -0.3 is 15.6 Å². The molecule has 1 heterocycles. The van der Waals surface area contributed by atoms with E-state index in [2.05, 4.69) is 4.98 Å². The van der Waals surface area contributed by atoms with Gasteiger partial charge in [-0.05, 0) is 42.0 Å². The van der Waals surface area contributed by atoms with E-state index in [1.54, 1.807) is 18.3 Å². The zero-order valence-electron chi connectivity index (χ0n) is 10.8. The number of rotatable bonds is 3. The number of hydrogen-bond acceptors (Lipinski definition) is 4. The molecule has 0 spiro atoms. The van der Waals surface area contributed by atoms with Gasteiger partial charge in [-0.1, -0.05) is 12.1 Å². The molecular weight excluding hydrogens is 252 g/mol. The van der Waals surface area contributed by atoms with E-state index in [0.29, 0.717) is 17.2 Å². The second-order valence-electron chi connectivity index (χ2n) is 4.46. The van der Waals surface area contributed by atoms with Crippen LogP contribution in [0.15, 0.2) is 54.7 Å². The molecular formula is C16H14N2O2. The quantitative estimate of drug-likeness (QED) is 0.715. The van der Waals surface area contributed by atoms with Gasteiger partial charge in [-0.2, -0.15) is 0 Å². The van der Waals surface area contributed by atoms with Crippen molar-refractivity contribution in [1.29, 1.82) is 0 Å². The Labute approximate surface area is 116 Å². The molecule has 3 aromatic rings. The fourth-order valence-electron chi connectivity index (χ4n) is 2.09. The van der Waals surface area contributed by atoms with Crippen molar-refractivity contribution in [2.45, 2.75) is 6.61 Å². The molecule has 0 atom stereocenters. The summed E-state index contributed by atoms with van der Waals surface area (Å²) in [6.07, 6.45) is 1.70. The standard InChI is InChI=1S/C16H14N2O2/c17-14-6-7-15(13-5-2-8-18-16(13)14)20-12-4-1-3-11(9-12)10-19/h1-9,19H,10,17H2. The molecule has 0 unspecified atom stereocenters. The predicted octanol–water partition coefficient (Wildman–Crippen LogP) is 3.10. The number of pyridine rings is 1. The van der Waals surface area contributed by atoms with Crippen LogP contribution in [0.1, 0.15) is 5.56 Å². The molecule has 1 aromatic heterocycles. The molecule has 20 heavy (non-hydrogen) atoms. The van der Waals surface area contributed by atoms with Gasteiger partial charge in [0.05, 0.1) is 17.8 Å². The van der Waals surface area contributed by atoms with Crippen LogP contribution < -0.4 is 10.5 Å². The molecule has 0 aliphatic rings. The van der Waals surface area contributed by atoms with Crippen molar-refractivity contribution in [3.8, 4) is 11.5 Å². The molecule has 0 saturated carbocycles. The van der Waals surface area contributed by atoms with Crippen molar-refractivity contribution in [2.75, 3.05) is 5.73 Å². The van der Waals surface area contributed by atoms with Crippen LogP contribution in [0.3, 0.4) is 0 Å². The van der Waals surface area contributed by atoms with Crippen LogP contribution in [0, 0.1) is 0 Å². The van der Waals surface area contributed by atoms with Crippen molar-refractivity contribution in [3.05, 3.63) is 60.3 Å². The van der Waals surface area contributed by atoms with Gasteiger partial charge in [0.25, 0.3) is 0 Å². The van der Waals surface area contributed by atoms with E-state index in [9.17, 15) is 0 Å². The minimum atomic E-state index is -0.0127. The van der Waals surface area contributed by atoms with Crippen LogP contribution in [0.5, 0.6) is 11.5 Å².